The summed E-state index contributed by atoms with van der Waals surface area (Å²) >= 11 is 0. The third-order valence-electron chi connectivity index (χ3n) is 3.86. The van der Waals surface area contributed by atoms with Crippen LogP contribution in [0.1, 0.15) is 44.2 Å². The van der Waals surface area contributed by atoms with Crippen molar-refractivity contribution in [3.05, 3.63) is 53.6 Å². The van der Waals surface area contributed by atoms with Crippen LogP contribution in [-0.4, -0.2) is 11.3 Å². The Labute approximate surface area is 137 Å². The first-order valence-corrected chi connectivity index (χ1v) is 8.27. The zero-order chi connectivity index (χ0) is 16.7. The van der Waals surface area contributed by atoms with Gasteiger partial charge in [-0.05, 0) is 48.1 Å². The van der Waals surface area contributed by atoms with E-state index < -0.39 is 6.16 Å². The van der Waals surface area contributed by atoms with Crippen LogP contribution in [0.4, 0.5) is 4.79 Å². The molecule has 0 saturated heterocycles. The van der Waals surface area contributed by atoms with Gasteiger partial charge in [0.1, 0.15) is 5.75 Å². The van der Waals surface area contributed by atoms with Gasteiger partial charge in [-0.1, -0.05) is 57.0 Å². The number of hydrogen-bond acceptors (Lipinski definition) is 2. The standard InChI is InChI=1S/C20H24O3/c1-3-5-7-15-8-11-17(12-9-15)18-14-16(6-4-2)10-13-19(18)23-20(21)22/h8-14H,3-7H2,1-2H3,(H,21,22). The van der Waals surface area contributed by atoms with Crippen molar-refractivity contribution in [3.63, 3.8) is 0 Å². The van der Waals surface area contributed by atoms with Crippen molar-refractivity contribution < 1.29 is 14.6 Å². The molecule has 0 amide bonds. The summed E-state index contributed by atoms with van der Waals surface area (Å²) in [5, 5.41) is 8.93. The molecule has 0 atom stereocenters. The van der Waals surface area contributed by atoms with Crippen molar-refractivity contribution in [3.8, 4) is 16.9 Å². The van der Waals surface area contributed by atoms with Gasteiger partial charge in [0.15, 0.2) is 0 Å². The van der Waals surface area contributed by atoms with Crippen LogP contribution in [0.2, 0.25) is 0 Å². The van der Waals surface area contributed by atoms with Gasteiger partial charge in [-0.25, -0.2) is 4.79 Å². The first kappa shape index (κ1) is 17.1. The number of benzene rings is 2. The molecule has 0 aliphatic rings. The molecular formula is C20H24O3. The van der Waals surface area contributed by atoms with Crippen molar-refractivity contribution in [1.29, 1.82) is 0 Å². The van der Waals surface area contributed by atoms with Crippen LogP contribution in [0.25, 0.3) is 11.1 Å². The van der Waals surface area contributed by atoms with Crippen molar-refractivity contribution in [2.24, 2.45) is 0 Å². The number of rotatable bonds is 7. The summed E-state index contributed by atoms with van der Waals surface area (Å²) in [4.78, 5) is 10.9. The highest BCUT2D eigenvalue weighted by Crippen LogP contribution is 2.32. The van der Waals surface area contributed by atoms with Gasteiger partial charge in [-0.2, -0.15) is 0 Å². The smallest absolute Gasteiger partial charge is 0.449 e. The van der Waals surface area contributed by atoms with Gasteiger partial charge in [0.25, 0.3) is 0 Å². The molecule has 3 nitrogen and oxygen atoms in total. The maximum atomic E-state index is 10.9. The van der Waals surface area contributed by atoms with Crippen molar-refractivity contribution in [1.82, 2.24) is 0 Å². The van der Waals surface area contributed by atoms with Crippen LogP contribution >= 0.6 is 0 Å². The van der Waals surface area contributed by atoms with E-state index in [-0.39, 0.29) is 0 Å². The molecule has 1 N–H and O–H groups in total. The first-order chi connectivity index (χ1) is 11.1. The minimum absolute atomic E-state index is 0.388. The lowest BCUT2D eigenvalue weighted by atomic mass is 9.98. The molecule has 23 heavy (non-hydrogen) atoms. The zero-order valence-electron chi connectivity index (χ0n) is 13.8. The van der Waals surface area contributed by atoms with E-state index in [2.05, 4.69) is 26.0 Å². The summed E-state index contributed by atoms with van der Waals surface area (Å²) in [6.07, 6.45) is 4.17. The Morgan fingerprint density at radius 1 is 0.957 bits per heavy atom. The van der Waals surface area contributed by atoms with Crippen LogP contribution in [0.15, 0.2) is 42.5 Å². The zero-order valence-corrected chi connectivity index (χ0v) is 13.8. The van der Waals surface area contributed by atoms with Crippen LogP contribution in [-0.2, 0) is 12.8 Å². The third kappa shape index (κ3) is 4.85. The fourth-order valence-corrected chi connectivity index (χ4v) is 2.66. The minimum Gasteiger partial charge on any atom is -0.449 e. The molecule has 0 fully saturated rings. The van der Waals surface area contributed by atoms with E-state index >= 15 is 0 Å². The summed E-state index contributed by atoms with van der Waals surface area (Å²) in [6.45, 7) is 4.31. The summed E-state index contributed by atoms with van der Waals surface area (Å²) in [6, 6.07) is 14.0. The fourth-order valence-electron chi connectivity index (χ4n) is 2.66. The number of carboxylic acid groups (broad SMARTS) is 1. The number of unbranched alkanes of at least 4 members (excludes halogenated alkanes) is 1. The lowest BCUT2D eigenvalue weighted by Crippen LogP contribution is -2.04. The Hall–Kier alpha value is -2.29. The van der Waals surface area contributed by atoms with Crippen molar-refractivity contribution in [2.45, 2.75) is 46.0 Å². The van der Waals surface area contributed by atoms with Gasteiger partial charge < -0.3 is 9.84 Å². The second kappa shape index (κ2) is 8.37. The van der Waals surface area contributed by atoms with Gasteiger partial charge in [0, 0.05) is 5.56 Å². The summed E-state index contributed by atoms with van der Waals surface area (Å²) in [7, 11) is 0. The Morgan fingerprint density at radius 3 is 2.26 bits per heavy atom. The maximum Gasteiger partial charge on any atom is 0.511 e. The van der Waals surface area contributed by atoms with Gasteiger partial charge in [-0.15, -0.1) is 0 Å². The van der Waals surface area contributed by atoms with E-state index in [1.54, 1.807) is 6.07 Å². The molecule has 0 aromatic heterocycles. The average Bonchev–Trinajstić information content (AvgIpc) is 2.55. The average molecular weight is 312 g/mol. The first-order valence-electron chi connectivity index (χ1n) is 8.27. The number of ether oxygens (including phenoxy) is 1. The second-order valence-electron chi connectivity index (χ2n) is 5.75. The van der Waals surface area contributed by atoms with E-state index in [9.17, 15) is 4.79 Å². The third-order valence-corrected chi connectivity index (χ3v) is 3.86. The molecule has 122 valence electrons. The van der Waals surface area contributed by atoms with Crippen molar-refractivity contribution in [2.75, 3.05) is 0 Å². The molecule has 0 radical (unpaired) electrons. The molecule has 0 spiro atoms. The Balaban J connectivity index is 2.34. The lowest BCUT2D eigenvalue weighted by Gasteiger charge is -2.11. The summed E-state index contributed by atoms with van der Waals surface area (Å²) in [5.41, 5.74) is 4.32. The molecule has 2 aromatic rings. The molecular weight excluding hydrogens is 288 g/mol. The summed E-state index contributed by atoms with van der Waals surface area (Å²) in [5.74, 6) is 0.388. The predicted octanol–water partition coefficient (Wildman–Crippen LogP) is 5.71. The van der Waals surface area contributed by atoms with Crippen LogP contribution in [0.5, 0.6) is 5.75 Å². The quantitative estimate of drug-likeness (QED) is 0.526. The van der Waals surface area contributed by atoms with Gasteiger partial charge >= 0.3 is 6.16 Å². The van der Waals surface area contributed by atoms with E-state index in [0.29, 0.717) is 5.75 Å². The molecule has 0 aliphatic heterocycles. The van der Waals surface area contributed by atoms with Crippen LogP contribution in [0, 0.1) is 0 Å². The highest BCUT2D eigenvalue weighted by molar-refractivity contribution is 5.75. The number of aryl methyl sites for hydroxylation is 2. The molecule has 2 aromatic carbocycles. The van der Waals surface area contributed by atoms with Gasteiger partial charge in [0.05, 0.1) is 0 Å². The van der Waals surface area contributed by atoms with Crippen molar-refractivity contribution >= 4 is 6.16 Å². The molecule has 2 rings (SSSR count). The Bertz CT molecular complexity index is 644. The normalized spacial score (nSPS) is 10.5. The Morgan fingerprint density at radius 2 is 1.65 bits per heavy atom. The molecule has 0 saturated carbocycles. The lowest BCUT2D eigenvalue weighted by molar-refractivity contribution is 0.144. The fraction of sp³-hybridized carbons (Fsp3) is 0.350. The molecule has 0 unspecified atom stereocenters. The molecule has 0 aliphatic carbocycles. The number of hydrogen-bond donors (Lipinski definition) is 1. The van der Waals surface area contributed by atoms with E-state index in [1.165, 1.54) is 24.0 Å². The molecule has 0 bridgehead atoms. The monoisotopic (exact) mass is 312 g/mol. The molecule has 0 heterocycles. The second-order valence-corrected chi connectivity index (χ2v) is 5.75. The highest BCUT2D eigenvalue weighted by atomic mass is 16.7. The van der Waals surface area contributed by atoms with E-state index in [0.717, 1.165) is 30.4 Å². The van der Waals surface area contributed by atoms with Crippen LogP contribution in [0.3, 0.4) is 0 Å². The minimum atomic E-state index is -1.28. The maximum absolute atomic E-state index is 10.9. The molecule has 3 heteroatoms. The highest BCUT2D eigenvalue weighted by Gasteiger charge is 2.11. The van der Waals surface area contributed by atoms with Crippen LogP contribution < -0.4 is 4.74 Å². The Kier molecular flexibility index (Phi) is 6.21. The predicted molar refractivity (Wildman–Crippen MR) is 93.1 cm³/mol. The van der Waals surface area contributed by atoms with Gasteiger partial charge in [-0.3, -0.25) is 0 Å². The van der Waals surface area contributed by atoms with Gasteiger partial charge in [0.2, 0.25) is 0 Å². The van der Waals surface area contributed by atoms with E-state index in [4.69, 9.17) is 9.84 Å². The summed E-state index contributed by atoms with van der Waals surface area (Å²) < 4.78 is 4.94. The topological polar surface area (TPSA) is 46.5 Å². The largest absolute Gasteiger partial charge is 0.511 e. The van der Waals surface area contributed by atoms with E-state index in [1.807, 2.05) is 24.3 Å². The number of carbonyl (C=O) groups is 1. The SMILES string of the molecule is CCCCc1ccc(-c2cc(CCC)ccc2OC(=O)O)cc1.